The first kappa shape index (κ1) is 28.9. The minimum atomic E-state index is -1.73. The molecule has 6 N–H and O–H groups in total. The third kappa shape index (κ3) is 6.41. The quantitative estimate of drug-likeness (QED) is 0.355. The average Bonchev–Trinajstić information content (AvgIpc) is 3.28. The lowest BCUT2D eigenvalue weighted by Gasteiger charge is -2.43. The number of aryl methyl sites for hydroxylation is 1. The number of ether oxygens (including phenoxy) is 2. The lowest BCUT2D eigenvalue weighted by molar-refractivity contribution is -0.168. The summed E-state index contributed by atoms with van der Waals surface area (Å²) in [6.45, 7) is 2.54. The maximum Gasteiger partial charge on any atom is 0.404 e. The Balaban J connectivity index is 1.69. The molecule has 4 rings (SSSR count). The third-order valence-corrected chi connectivity index (χ3v) is 7.89. The minimum absolute atomic E-state index is 0.0408. The molecule has 10 heteroatoms. The van der Waals surface area contributed by atoms with Crippen LogP contribution in [0.1, 0.15) is 43.7 Å². The molecule has 1 aliphatic heterocycles. The number of hydrogen-bond acceptors (Lipinski definition) is 7. The Morgan fingerprint density at radius 2 is 2.00 bits per heavy atom. The van der Waals surface area contributed by atoms with Crippen LogP contribution < -0.4 is 11.5 Å². The van der Waals surface area contributed by atoms with Gasteiger partial charge in [0.1, 0.15) is 17.5 Å². The van der Waals surface area contributed by atoms with Crippen LogP contribution in [0.25, 0.3) is 11.1 Å². The first-order valence-corrected chi connectivity index (χ1v) is 13.5. The Morgan fingerprint density at radius 1 is 1.23 bits per heavy atom. The van der Waals surface area contributed by atoms with E-state index in [0.717, 1.165) is 12.0 Å². The number of carbonyl (C=O) groups excluding carboxylic acids is 2. The number of nitrogens with two attached hydrogens (primary N) is 2. The van der Waals surface area contributed by atoms with E-state index < -0.39 is 41.7 Å². The Hall–Kier alpha value is -3.05. The normalized spacial score (nSPS) is 24.8. The summed E-state index contributed by atoms with van der Waals surface area (Å²) < 4.78 is 26.5. The van der Waals surface area contributed by atoms with Gasteiger partial charge in [-0.25, -0.2) is 9.18 Å². The molecule has 2 amide bonds. The highest BCUT2D eigenvalue weighted by Gasteiger charge is 2.46. The van der Waals surface area contributed by atoms with Crippen LogP contribution in [0.3, 0.4) is 0 Å². The fraction of sp³-hybridized carbons (Fsp3) is 0.517. The predicted molar refractivity (Wildman–Crippen MR) is 143 cm³/mol. The van der Waals surface area contributed by atoms with Crippen molar-refractivity contribution < 1.29 is 33.7 Å². The Labute approximate surface area is 227 Å². The fourth-order valence-corrected chi connectivity index (χ4v) is 5.75. The van der Waals surface area contributed by atoms with Crippen molar-refractivity contribution in [1.82, 2.24) is 4.90 Å². The second-order valence-electron chi connectivity index (χ2n) is 10.5. The fourth-order valence-electron chi connectivity index (χ4n) is 5.75. The van der Waals surface area contributed by atoms with E-state index in [1.807, 2.05) is 25.1 Å². The SMILES string of the molecule is CCc1cccc(-c2c(F)cccc2[C@](O)(CCCOC(N)=O)[C@H]2CN(C(=O)[C@H]3C[C@@H](N)[C@@H](O)C3)CCO2)c1. The molecule has 0 bridgehead atoms. The molecule has 0 spiro atoms. The van der Waals surface area contributed by atoms with Gasteiger partial charge in [-0.15, -0.1) is 0 Å². The van der Waals surface area contributed by atoms with E-state index in [9.17, 15) is 19.8 Å². The van der Waals surface area contributed by atoms with Crippen molar-refractivity contribution in [2.45, 2.75) is 62.9 Å². The number of nitrogens with zero attached hydrogens (tertiary/aromatic N) is 1. The standard InChI is InChI=1S/C29H38FN3O6/c1-2-18-6-3-7-19(14-18)26-21(8-4-9-22(26)30)29(37,10-5-12-39-28(32)36)25-17-33(11-13-38-25)27(35)20-15-23(31)24(34)16-20/h3-4,6-9,14,20,23-25,34,37H,2,5,10-13,15-17,31H2,1H3,(H2,32,36)/t20-,23+,24-,25+,29+/m0/s1. The molecule has 2 aromatic rings. The van der Waals surface area contributed by atoms with Gasteiger partial charge in [0.2, 0.25) is 5.91 Å². The summed E-state index contributed by atoms with van der Waals surface area (Å²) in [6.07, 6.45) is -0.827. The Kier molecular flexibility index (Phi) is 9.22. The number of amides is 2. The highest BCUT2D eigenvalue weighted by atomic mass is 19.1. The van der Waals surface area contributed by atoms with Gasteiger partial charge in [-0.1, -0.05) is 43.3 Å². The van der Waals surface area contributed by atoms with E-state index in [0.29, 0.717) is 30.5 Å². The largest absolute Gasteiger partial charge is 0.450 e. The van der Waals surface area contributed by atoms with Gasteiger partial charge >= 0.3 is 6.09 Å². The highest BCUT2D eigenvalue weighted by molar-refractivity contribution is 5.79. The van der Waals surface area contributed by atoms with Crippen LogP contribution in [0.15, 0.2) is 42.5 Å². The minimum Gasteiger partial charge on any atom is -0.450 e. The van der Waals surface area contributed by atoms with Crippen molar-refractivity contribution in [1.29, 1.82) is 0 Å². The van der Waals surface area contributed by atoms with E-state index in [2.05, 4.69) is 0 Å². The maximum absolute atomic E-state index is 15.5. The second kappa shape index (κ2) is 12.4. The van der Waals surface area contributed by atoms with Gasteiger partial charge in [0.25, 0.3) is 0 Å². The summed E-state index contributed by atoms with van der Waals surface area (Å²) in [6, 6.07) is 11.6. The molecule has 1 aliphatic carbocycles. The number of aliphatic hydroxyl groups excluding tert-OH is 1. The van der Waals surface area contributed by atoms with Gasteiger partial charge in [-0.2, -0.15) is 0 Å². The number of benzene rings is 2. The predicted octanol–water partition coefficient (Wildman–Crippen LogP) is 2.44. The summed E-state index contributed by atoms with van der Waals surface area (Å²) >= 11 is 0. The molecule has 9 nitrogen and oxygen atoms in total. The van der Waals surface area contributed by atoms with Gasteiger partial charge in [0, 0.05) is 24.1 Å². The molecule has 2 aromatic carbocycles. The van der Waals surface area contributed by atoms with Crippen molar-refractivity contribution in [3.05, 3.63) is 59.4 Å². The van der Waals surface area contributed by atoms with Crippen LogP contribution in [-0.2, 0) is 26.3 Å². The molecule has 2 aliphatic rings. The van der Waals surface area contributed by atoms with E-state index in [4.69, 9.17) is 20.9 Å². The van der Waals surface area contributed by atoms with Crippen LogP contribution in [0, 0.1) is 11.7 Å². The molecule has 0 aromatic heterocycles. The van der Waals surface area contributed by atoms with Gasteiger partial charge in [-0.05, 0) is 54.9 Å². The Morgan fingerprint density at radius 3 is 2.69 bits per heavy atom. The average molecular weight is 544 g/mol. The summed E-state index contributed by atoms with van der Waals surface area (Å²) in [5.74, 6) is -1.05. The number of aliphatic hydroxyl groups is 2. The first-order valence-electron chi connectivity index (χ1n) is 13.5. The summed E-state index contributed by atoms with van der Waals surface area (Å²) in [5, 5.41) is 22.4. The van der Waals surface area contributed by atoms with Gasteiger partial charge in [-0.3, -0.25) is 4.79 Å². The molecule has 0 unspecified atom stereocenters. The number of rotatable bonds is 9. The van der Waals surface area contributed by atoms with Gasteiger partial charge in [0.15, 0.2) is 0 Å². The summed E-state index contributed by atoms with van der Waals surface area (Å²) in [5.41, 5.74) is 11.5. The van der Waals surface area contributed by atoms with E-state index in [1.165, 1.54) is 12.1 Å². The van der Waals surface area contributed by atoms with Crippen LogP contribution in [-0.4, -0.2) is 71.7 Å². The molecule has 39 heavy (non-hydrogen) atoms. The first-order chi connectivity index (χ1) is 18.6. The van der Waals surface area contributed by atoms with Crippen molar-refractivity contribution in [3.8, 4) is 11.1 Å². The molecular formula is C29H38FN3O6. The molecule has 1 heterocycles. The Bertz CT molecular complexity index is 1170. The zero-order valence-electron chi connectivity index (χ0n) is 22.2. The topological polar surface area (TPSA) is 148 Å². The summed E-state index contributed by atoms with van der Waals surface area (Å²) in [4.78, 5) is 26.1. The van der Waals surface area contributed by atoms with Crippen LogP contribution in [0.2, 0.25) is 0 Å². The molecule has 0 radical (unpaired) electrons. The molecular weight excluding hydrogens is 505 g/mol. The van der Waals surface area contributed by atoms with E-state index >= 15 is 4.39 Å². The van der Waals surface area contributed by atoms with Crippen LogP contribution in [0.5, 0.6) is 0 Å². The smallest absolute Gasteiger partial charge is 0.404 e. The van der Waals surface area contributed by atoms with Crippen molar-refractivity contribution in [3.63, 3.8) is 0 Å². The zero-order chi connectivity index (χ0) is 28.2. The van der Waals surface area contributed by atoms with Crippen molar-refractivity contribution in [2.24, 2.45) is 17.4 Å². The molecule has 1 saturated carbocycles. The number of hydrogen-bond donors (Lipinski definition) is 4. The van der Waals surface area contributed by atoms with Gasteiger partial charge < -0.3 is 36.1 Å². The zero-order valence-corrected chi connectivity index (χ0v) is 22.2. The van der Waals surface area contributed by atoms with Crippen LogP contribution >= 0.6 is 0 Å². The maximum atomic E-state index is 15.5. The van der Waals surface area contributed by atoms with Crippen molar-refractivity contribution >= 4 is 12.0 Å². The highest BCUT2D eigenvalue weighted by Crippen LogP contribution is 2.41. The molecule has 1 saturated heterocycles. The van der Waals surface area contributed by atoms with E-state index in [-0.39, 0.29) is 44.1 Å². The van der Waals surface area contributed by atoms with E-state index in [1.54, 1.807) is 17.0 Å². The molecule has 212 valence electrons. The lowest BCUT2D eigenvalue weighted by atomic mass is 9.79. The van der Waals surface area contributed by atoms with Gasteiger partial charge in [0.05, 0.1) is 25.9 Å². The number of halogens is 1. The summed E-state index contributed by atoms with van der Waals surface area (Å²) in [7, 11) is 0. The number of primary amides is 1. The monoisotopic (exact) mass is 543 g/mol. The molecule has 2 fully saturated rings. The lowest BCUT2D eigenvalue weighted by Crippen LogP contribution is -2.55. The number of morpholine rings is 1. The van der Waals surface area contributed by atoms with Crippen molar-refractivity contribution in [2.75, 3.05) is 26.3 Å². The second-order valence-corrected chi connectivity index (χ2v) is 10.5. The molecule has 5 atom stereocenters. The van der Waals surface area contributed by atoms with Crippen LogP contribution in [0.4, 0.5) is 9.18 Å². The third-order valence-electron chi connectivity index (χ3n) is 7.89. The number of carbonyl (C=O) groups is 2.